The van der Waals surface area contributed by atoms with Crippen molar-refractivity contribution in [2.24, 2.45) is 5.41 Å². The minimum absolute atomic E-state index is 0.137. The van der Waals surface area contributed by atoms with E-state index < -0.39 is 0 Å². The second kappa shape index (κ2) is 5.74. The Balaban J connectivity index is 1.85. The third-order valence-electron chi connectivity index (χ3n) is 3.63. The van der Waals surface area contributed by atoms with Crippen molar-refractivity contribution in [1.82, 2.24) is 10.6 Å². The number of rotatable bonds is 2. The first-order valence-electron chi connectivity index (χ1n) is 7.06. The molecule has 1 fully saturated rings. The van der Waals surface area contributed by atoms with Gasteiger partial charge in [-0.3, -0.25) is 4.79 Å². The van der Waals surface area contributed by atoms with E-state index in [1.165, 1.54) is 5.56 Å². The molecule has 0 saturated carbocycles. The van der Waals surface area contributed by atoms with Gasteiger partial charge >= 0.3 is 0 Å². The standard InChI is InChI=1S/C16H24N2O/c1-16(2,3)15(19)18-13-9-10-14(17-11-13)12-7-5-4-6-8-12/h4-8,13-14,17H,9-11H2,1-3H3,(H,18,19). The van der Waals surface area contributed by atoms with Gasteiger partial charge in [-0.05, 0) is 18.4 Å². The molecule has 104 valence electrons. The maximum absolute atomic E-state index is 11.9. The summed E-state index contributed by atoms with van der Waals surface area (Å²) in [5.41, 5.74) is 1.03. The van der Waals surface area contributed by atoms with Crippen molar-refractivity contribution in [2.75, 3.05) is 6.54 Å². The van der Waals surface area contributed by atoms with Gasteiger partial charge in [0, 0.05) is 24.0 Å². The van der Waals surface area contributed by atoms with E-state index in [9.17, 15) is 4.79 Å². The van der Waals surface area contributed by atoms with Crippen LogP contribution in [0.5, 0.6) is 0 Å². The molecule has 1 aromatic carbocycles. The van der Waals surface area contributed by atoms with E-state index in [2.05, 4.69) is 34.9 Å². The topological polar surface area (TPSA) is 41.1 Å². The molecule has 19 heavy (non-hydrogen) atoms. The monoisotopic (exact) mass is 260 g/mol. The summed E-state index contributed by atoms with van der Waals surface area (Å²) in [4.78, 5) is 11.9. The minimum Gasteiger partial charge on any atom is -0.352 e. The molecule has 2 rings (SSSR count). The lowest BCUT2D eigenvalue weighted by Gasteiger charge is -2.32. The highest BCUT2D eigenvalue weighted by atomic mass is 16.2. The molecule has 3 heteroatoms. The van der Waals surface area contributed by atoms with Gasteiger partial charge in [-0.1, -0.05) is 51.1 Å². The molecule has 2 atom stereocenters. The zero-order valence-corrected chi connectivity index (χ0v) is 12.1. The van der Waals surface area contributed by atoms with E-state index in [0.717, 1.165) is 19.4 Å². The van der Waals surface area contributed by atoms with E-state index in [0.29, 0.717) is 6.04 Å². The van der Waals surface area contributed by atoms with E-state index in [1.807, 2.05) is 26.8 Å². The molecular weight excluding hydrogens is 236 g/mol. The second-order valence-electron chi connectivity index (χ2n) is 6.37. The van der Waals surface area contributed by atoms with E-state index in [-0.39, 0.29) is 17.4 Å². The number of hydrogen-bond donors (Lipinski definition) is 2. The lowest BCUT2D eigenvalue weighted by molar-refractivity contribution is -0.129. The predicted molar refractivity (Wildman–Crippen MR) is 77.8 cm³/mol. The van der Waals surface area contributed by atoms with Crippen LogP contribution in [0.25, 0.3) is 0 Å². The molecule has 1 heterocycles. The van der Waals surface area contributed by atoms with Gasteiger partial charge in [-0.15, -0.1) is 0 Å². The first-order chi connectivity index (χ1) is 8.97. The first-order valence-corrected chi connectivity index (χ1v) is 7.06. The van der Waals surface area contributed by atoms with E-state index in [1.54, 1.807) is 0 Å². The van der Waals surface area contributed by atoms with Crippen molar-refractivity contribution in [3.8, 4) is 0 Å². The molecule has 2 N–H and O–H groups in total. The maximum atomic E-state index is 11.9. The van der Waals surface area contributed by atoms with Gasteiger partial charge in [0.15, 0.2) is 0 Å². The van der Waals surface area contributed by atoms with Crippen molar-refractivity contribution < 1.29 is 4.79 Å². The number of carbonyl (C=O) groups is 1. The van der Waals surface area contributed by atoms with Gasteiger partial charge in [0.2, 0.25) is 5.91 Å². The van der Waals surface area contributed by atoms with Crippen LogP contribution in [0.1, 0.15) is 45.2 Å². The van der Waals surface area contributed by atoms with Gasteiger partial charge in [-0.2, -0.15) is 0 Å². The summed E-state index contributed by atoms with van der Waals surface area (Å²) in [5, 5.41) is 6.66. The Hall–Kier alpha value is -1.35. The van der Waals surface area contributed by atoms with Crippen LogP contribution in [0.3, 0.4) is 0 Å². The summed E-state index contributed by atoms with van der Waals surface area (Å²) in [6.45, 7) is 6.70. The molecule has 0 spiro atoms. The quantitative estimate of drug-likeness (QED) is 0.858. The summed E-state index contributed by atoms with van der Waals surface area (Å²) < 4.78 is 0. The van der Waals surface area contributed by atoms with Crippen LogP contribution in [0.4, 0.5) is 0 Å². The Kier molecular flexibility index (Phi) is 4.25. The maximum Gasteiger partial charge on any atom is 0.225 e. The molecule has 0 aliphatic carbocycles. The van der Waals surface area contributed by atoms with Gasteiger partial charge in [0.25, 0.3) is 0 Å². The smallest absolute Gasteiger partial charge is 0.225 e. The lowest BCUT2D eigenvalue weighted by Crippen LogP contribution is -2.49. The normalized spacial score (nSPS) is 23.9. The Labute approximate surface area is 115 Å². The summed E-state index contributed by atoms with van der Waals surface area (Å²) in [6.07, 6.45) is 2.10. The fourth-order valence-corrected chi connectivity index (χ4v) is 2.35. The van der Waals surface area contributed by atoms with Crippen molar-refractivity contribution in [3.05, 3.63) is 35.9 Å². The van der Waals surface area contributed by atoms with Gasteiger partial charge in [0.1, 0.15) is 0 Å². The van der Waals surface area contributed by atoms with Crippen LogP contribution < -0.4 is 10.6 Å². The minimum atomic E-state index is -0.309. The van der Waals surface area contributed by atoms with Crippen molar-refractivity contribution in [2.45, 2.75) is 45.7 Å². The lowest BCUT2D eigenvalue weighted by atomic mass is 9.92. The molecule has 1 amide bonds. The Morgan fingerprint density at radius 3 is 2.42 bits per heavy atom. The van der Waals surface area contributed by atoms with Gasteiger partial charge < -0.3 is 10.6 Å². The van der Waals surface area contributed by atoms with Crippen LogP contribution in [0.2, 0.25) is 0 Å². The summed E-state index contributed by atoms with van der Waals surface area (Å²) >= 11 is 0. The molecule has 1 aliphatic rings. The molecule has 1 saturated heterocycles. The zero-order valence-electron chi connectivity index (χ0n) is 12.1. The number of benzene rings is 1. The number of carbonyl (C=O) groups excluding carboxylic acids is 1. The highest BCUT2D eigenvalue weighted by molar-refractivity contribution is 5.81. The summed E-state index contributed by atoms with van der Waals surface area (Å²) in [5.74, 6) is 0.137. The van der Waals surface area contributed by atoms with Crippen LogP contribution in [-0.2, 0) is 4.79 Å². The first kappa shape index (κ1) is 14.1. The summed E-state index contributed by atoms with van der Waals surface area (Å²) in [6, 6.07) is 11.2. The number of hydrogen-bond acceptors (Lipinski definition) is 2. The Bertz CT molecular complexity index is 414. The van der Waals surface area contributed by atoms with E-state index in [4.69, 9.17) is 0 Å². The molecule has 1 aliphatic heterocycles. The van der Waals surface area contributed by atoms with Crippen molar-refractivity contribution in [3.63, 3.8) is 0 Å². The zero-order chi connectivity index (χ0) is 13.9. The fourth-order valence-electron chi connectivity index (χ4n) is 2.35. The third kappa shape index (κ3) is 3.80. The molecule has 0 aromatic heterocycles. The highest BCUT2D eigenvalue weighted by Crippen LogP contribution is 2.23. The third-order valence-corrected chi connectivity index (χ3v) is 3.63. The van der Waals surface area contributed by atoms with E-state index >= 15 is 0 Å². The van der Waals surface area contributed by atoms with Crippen LogP contribution in [0.15, 0.2) is 30.3 Å². The largest absolute Gasteiger partial charge is 0.352 e. The average molecular weight is 260 g/mol. The number of nitrogens with one attached hydrogen (secondary N) is 2. The second-order valence-corrected chi connectivity index (χ2v) is 6.37. The molecular formula is C16H24N2O. The van der Waals surface area contributed by atoms with Gasteiger partial charge in [0.05, 0.1) is 0 Å². The van der Waals surface area contributed by atoms with Crippen LogP contribution >= 0.6 is 0 Å². The highest BCUT2D eigenvalue weighted by Gasteiger charge is 2.27. The Morgan fingerprint density at radius 1 is 1.21 bits per heavy atom. The van der Waals surface area contributed by atoms with Crippen LogP contribution in [0, 0.1) is 5.41 Å². The molecule has 0 bridgehead atoms. The number of amides is 1. The molecule has 2 unspecified atom stereocenters. The SMILES string of the molecule is CC(C)(C)C(=O)NC1CCC(c2ccccc2)NC1. The van der Waals surface area contributed by atoms with Crippen LogP contribution in [-0.4, -0.2) is 18.5 Å². The van der Waals surface area contributed by atoms with Gasteiger partial charge in [-0.25, -0.2) is 0 Å². The van der Waals surface area contributed by atoms with Crippen molar-refractivity contribution in [1.29, 1.82) is 0 Å². The van der Waals surface area contributed by atoms with Crippen molar-refractivity contribution >= 4 is 5.91 Å². The predicted octanol–water partition coefficient (Wildman–Crippen LogP) is 2.64. The molecule has 1 aromatic rings. The number of piperidine rings is 1. The molecule has 0 radical (unpaired) electrons. The fraction of sp³-hybridized carbons (Fsp3) is 0.562. The molecule has 3 nitrogen and oxygen atoms in total. The Morgan fingerprint density at radius 2 is 1.89 bits per heavy atom. The average Bonchev–Trinajstić information content (AvgIpc) is 2.39. The summed E-state index contributed by atoms with van der Waals surface area (Å²) in [7, 11) is 0.